The minimum absolute atomic E-state index is 0.147. The van der Waals surface area contributed by atoms with Crippen LogP contribution in [0.2, 0.25) is 10.0 Å². The van der Waals surface area contributed by atoms with E-state index in [1.165, 1.54) is 6.07 Å². The van der Waals surface area contributed by atoms with E-state index in [4.69, 9.17) is 34.0 Å². The van der Waals surface area contributed by atoms with Gasteiger partial charge in [-0.05, 0) is 12.1 Å². The highest BCUT2D eigenvalue weighted by molar-refractivity contribution is 6.36. The monoisotopic (exact) mass is 191 g/mol. The number of benzene rings is 1. The van der Waals surface area contributed by atoms with Crippen LogP contribution in [-0.2, 0) is 6.61 Å². The molecular weight excluding hydrogens is 185 g/mol. The first-order valence-electron chi connectivity index (χ1n) is 2.99. The Bertz CT molecular complexity index is 275. The molecule has 0 aliphatic heterocycles. The Hall–Kier alpha value is -0.440. The number of hydrogen-bond donors (Lipinski definition) is 2. The molecule has 2 nitrogen and oxygen atoms in total. The second-order valence-electron chi connectivity index (χ2n) is 2.12. The summed E-state index contributed by atoms with van der Waals surface area (Å²) in [5, 5.41) is 9.63. The normalized spacial score (nSPS) is 10.1. The molecule has 0 radical (unpaired) electrons. The number of rotatable bonds is 1. The van der Waals surface area contributed by atoms with Crippen molar-refractivity contribution in [1.82, 2.24) is 0 Å². The Labute approximate surface area is 74.5 Å². The average Bonchev–Trinajstić information content (AvgIpc) is 1.96. The average molecular weight is 192 g/mol. The van der Waals surface area contributed by atoms with Crippen molar-refractivity contribution in [3.8, 4) is 0 Å². The zero-order chi connectivity index (χ0) is 8.43. The third kappa shape index (κ3) is 1.77. The Morgan fingerprint density at radius 2 is 2.00 bits per heavy atom. The molecule has 0 aromatic heterocycles. The molecular formula is C7H7Cl2NO. The summed E-state index contributed by atoms with van der Waals surface area (Å²) in [5.41, 5.74) is 6.46. The van der Waals surface area contributed by atoms with Gasteiger partial charge >= 0.3 is 0 Å². The van der Waals surface area contributed by atoms with Crippen molar-refractivity contribution in [1.29, 1.82) is 0 Å². The number of hydrogen-bond acceptors (Lipinski definition) is 2. The maximum atomic E-state index is 8.77. The summed E-state index contributed by atoms with van der Waals surface area (Å²) in [6.07, 6.45) is 0. The van der Waals surface area contributed by atoms with Crippen LogP contribution in [-0.4, -0.2) is 5.11 Å². The molecule has 1 aromatic carbocycles. The second-order valence-corrected chi connectivity index (χ2v) is 2.96. The summed E-state index contributed by atoms with van der Waals surface area (Å²) in [7, 11) is 0. The number of anilines is 1. The highest BCUT2D eigenvalue weighted by atomic mass is 35.5. The van der Waals surface area contributed by atoms with E-state index in [1.807, 2.05) is 0 Å². The Kier molecular flexibility index (Phi) is 2.60. The zero-order valence-corrected chi connectivity index (χ0v) is 7.15. The molecule has 0 unspecified atom stereocenters. The largest absolute Gasteiger partial charge is 0.397 e. The van der Waals surface area contributed by atoms with E-state index in [1.54, 1.807) is 6.07 Å². The van der Waals surface area contributed by atoms with Crippen LogP contribution in [0.15, 0.2) is 12.1 Å². The summed E-state index contributed by atoms with van der Waals surface area (Å²) in [6.45, 7) is -0.147. The molecule has 0 heterocycles. The molecule has 4 heteroatoms. The molecule has 0 bridgehead atoms. The van der Waals surface area contributed by atoms with Gasteiger partial charge in [-0.2, -0.15) is 0 Å². The number of halogens is 2. The lowest BCUT2D eigenvalue weighted by Crippen LogP contribution is -1.94. The van der Waals surface area contributed by atoms with Crippen LogP contribution in [0.25, 0.3) is 0 Å². The van der Waals surface area contributed by atoms with Crippen molar-refractivity contribution in [3.05, 3.63) is 27.7 Å². The molecule has 1 rings (SSSR count). The SMILES string of the molecule is Nc1c(Cl)cc(Cl)cc1CO. The minimum atomic E-state index is -0.147. The van der Waals surface area contributed by atoms with Crippen LogP contribution in [0.4, 0.5) is 5.69 Å². The number of nitrogen functional groups attached to an aromatic ring is 1. The van der Waals surface area contributed by atoms with Gasteiger partial charge in [0.1, 0.15) is 0 Å². The molecule has 0 saturated carbocycles. The van der Waals surface area contributed by atoms with E-state index >= 15 is 0 Å². The number of nitrogens with two attached hydrogens (primary N) is 1. The lowest BCUT2D eigenvalue weighted by atomic mass is 10.2. The molecule has 0 saturated heterocycles. The van der Waals surface area contributed by atoms with Crippen LogP contribution in [0.3, 0.4) is 0 Å². The van der Waals surface area contributed by atoms with Gasteiger partial charge in [0.05, 0.1) is 17.3 Å². The topological polar surface area (TPSA) is 46.2 Å². The van der Waals surface area contributed by atoms with Crippen LogP contribution in [0.5, 0.6) is 0 Å². The van der Waals surface area contributed by atoms with Crippen molar-refractivity contribution in [2.45, 2.75) is 6.61 Å². The van der Waals surface area contributed by atoms with Crippen molar-refractivity contribution < 1.29 is 5.11 Å². The van der Waals surface area contributed by atoms with E-state index in [-0.39, 0.29) is 6.61 Å². The molecule has 11 heavy (non-hydrogen) atoms. The predicted molar refractivity (Wildman–Crippen MR) is 46.8 cm³/mol. The van der Waals surface area contributed by atoms with Crippen LogP contribution in [0, 0.1) is 0 Å². The highest BCUT2D eigenvalue weighted by Crippen LogP contribution is 2.27. The summed E-state index contributed by atoms with van der Waals surface area (Å²) < 4.78 is 0. The zero-order valence-electron chi connectivity index (χ0n) is 5.64. The lowest BCUT2D eigenvalue weighted by molar-refractivity contribution is 0.282. The quantitative estimate of drug-likeness (QED) is 0.669. The number of aliphatic hydroxyl groups excluding tert-OH is 1. The van der Waals surface area contributed by atoms with Crippen molar-refractivity contribution in [3.63, 3.8) is 0 Å². The van der Waals surface area contributed by atoms with Gasteiger partial charge in [0.15, 0.2) is 0 Å². The smallest absolute Gasteiger partial charge is 0.0702 e. The maximum Gasteiger partial charge on any atom is 0.0702 e. The molecule has 0 atom stereocenters. The third-order valence-electron chi connectivity index (χ3n) is 1.35. The highest BCUT2D eigenvalue weighted by Gasteiger charge is 2.03. The predicted octanol–water partition coefficient (Wildman–Crippen LogP) is 2.07. The molecule has 0 spiro atoms. The number of aliphatic hydroxyl groups is 1. The van der Waals surface area contributed by atoms with Crippen LogP contribution >= 0.6 is 23.2 Å². The maximum absolute atomic E-state index is 8.77. The van der Waals surface area contributed by atoms with E-state index in [0.717, 1.165) is 0 Å². The van der Waals surface area contributed by atoms with Crippen LogP contribution < -0.4 is 5.73 Å². The fraction of sp³-hybridized carbons (Fsp3) is 0.143. The van der Waals surface area contributed by atoms with Crippen molar-refractivity contribution in [2.75, 3.05) is 5.73 Å². The standard InChI is InChI=1S/C7H7Cl2NO/c8-5-1-4(3-11)7(10)6(9)2-5/h1-2,11H,3,10H2. The fourth-order valence-electron chi connectivity index (χ4n) is 0.769. The summed E-state index contributed by atoms with van der Waals surface area (Å²) in [6, 6.07) is 3.13. The van der Waals surface area contributed by atoms with Gasteiger partial charge in [0.2, 0.25) is 0 Å². The minimum Gasteiger partial charge on any atom is -0.397 e. The van der Waals surface area contributed by atoms with Crippen LogP contribution in [0.1, 0.15) is 5.56 Å². The Balaban J connectivity index is 3.24. The summed E-state index contributed by atoms with van der Waals surface area (Å²) >= 11 is 11.3. The molecule has 0 fully saturated rings. The lowest BCUT2D eigenvalue weighted by Gasteiger charge is -2.04. The van der Waals surface area contributed by atoms with Gasteiger partial charge in [0.25, 0.3) is 0 Å². The summed E-state index contributed by atoms with van der Waals surface area (Å²) in [5.74, 6) is 0. The first kappa shape index (κ1) is 8.65. The van der Waals surface area contributed by atoms with Crippen molar-refractivity contribution in [2.24, 2.45) is 0 Å². The summed E-state index contributed by atoms with van der Waals surface area (Å²) in [4.78, 5) is 0. The molecule has 0 amide bonds. The molecule has 1 aromatic rings. The second kappa shape index (κ2) is 3.30. The molecule has 0 aliphatic carbocycles. The van der Waals surface area contributed by atoms with E-state index in [2.05, 4.69) is 0 Å². The molecule has 60 valence electrons. The third-order valence-corrected chi connectivity index (χ3v) is 1.88. The van der Waals surface area contributed by atoms with Gasteiger partial charge in [-0.25, -0.2) is 0 Å². The molecule has 3 N–H and O–H groups in total. The van der Waals surface area contributed by atoms with Gasteiger partial charge in [-0.3, -0.25) is 0 Å². The van der Waals surface area contributed by atoms with Gasteiger partial charge in [0, 0.05) is 10.6 Å². The first-order valence-corrected chi connectivity index (χ1v) is 3.75. The van der Waals surface area contributed by atoms with Gasteiger partial charge in [-0.1, -0.05) is 23.2 Å². The molecule has 0 aliphatic rings. The van der Waals surface area contributed by atoms with E-state index < -0.39 is 0 Å². The first-order chi connectivity index (χ1) is 5.15. The fourth-order valence-corrected chi connectivity index (χ4v) is 1.30. The van der Waals surface area contributed by atoms with Gasteiger partial charge < -0.3 is 10.8 Å². The van der Waals surface area contributed by atoms with Crippen molar-refractivity contribution >= 4 is 28.9 Å². The Morgan fingerprint density at radius 1 is 1.36 bits per heavy atom. The Morgan fingerprint density at radius 3 is 2.55 bits per heavy atom. The van der Waals surface area contributed by atoms with E-state index in [0.29, 0.717) is 21.3 Å². The van der Waals surface area contributed by atoms with Gasteiger partial charge in [-0.15, -0.1) is 0 Å². The van der Waals surface area contributed by atoms with E-state index in [9.17, 15) is 0 Å².